The van der Waals surface area contributed by atoms with Gasteiger partial charge in [0, 0.05) is 11.1 Å². The molecule has 3 rings (SSSR count). The van der Waals surface area contributed by atoms with E-state index in [1.54, 1.807) is 0 Å². The average Bonchev–Trinajstić information content (AvgIpc) is 2.49. The Morgan fingerprint density at radius 3 is 2.06 bits per heavy atom. The van der Waals surface area contributed by atoms with E-state index in [-0.39, 0.29) is 6.73 Å². The number of nitrogens with zero attached hydrogens (tertiary/aromatic N) is 2. The zero-order valence-corrected chi connectivity index (χ0v) is 9.78. The molecule has 0 aromatic heterocycles. The maximum absolute atomic E-state index is 5.65. The summed E-state index contributed by atoms with van der Waals surface area (Å²) in [4.78, 5) is 0. The highest BCUT2D eigenvalue weighted by Crippen LogP contribution is 2.30. The summed E-state index contributed by atoms with van der Waals surface area (Å²) in [6, 6.07) is 19.9. The third kappa shape index (κ3) is 2.02. The van der Waals surface area contributed by atoms with E-state index in [0.29, 0.717) is 0 Å². The van der Waals surface area contributed by atoms with Crippen LogP contribution in [-0.4, -0.2) is 6.73 Å². The number of ether oxygens (including phenoxy) is 1. The fourth-order valence-electron chi connectivity index (χ4n) is 1.90. The van der Waals surface area contributed by atoms with Crippen LogP contribution in [0.3, 0.4) is 0 Å². The van der Waals surface area contributed by atoms with E-state index in [4.69, 9.17) is 4.74 Å². The van der Waals surface area contributed by atoms with Crippen LogP contribution < -0.4 is 0 Å². The van der Waals surface area contributed by atoms with Gasteiger partial charge >= 0.3 is 0 Å². The van der Waals surface area contributed by atoms with Crippen LogP contribution in [0.25, 0.3) is 11.5 Å². The van der Waals surface area contributed by atoms with Crippen molar-refractivity contribution >= 4 is 11.5 Å². The van der Waals surface area contributed by atoms with Gasteiger partial charge in [0.05, 0.1) is 0 Å². The van der Waals surface area contributed by atoms with Gasteiger partial charge in [0.15, 0.2) is 12.5 Å². The highest BCUT2D eigenvalue weighted by atomic mass is 16.5. The van der Waals surface area contributed by atoms with Gasteiger partial charge in [-0.2, -0.15) is 0 Å². The van der Waals surface area contributed by atoms with Gasteiger partial charge in [-0.15, -0.1) is 10.2 Å². The Kier molecular flexibility index (Phi) is 2.88. The van der Waals surface area contributed by atoms with Crippen LogP contribution in [0.1, 0.15) is 11.1 Å². The second kappa shape index (κ2) is 4.84. The summed E-state index contributed by atoms with van der Waals surface area (Å²) < 4.78 is 5.65. The molecule has 88 valence electrons. The van der Waals surface area contributed by atoms with Crippen molar-refractivity contribution in [3.63, 3.8) is 0 Å². The maximum atomic E-state index is 5.65. The lowest BCUT2D eigenvalue weighted by Gasteiger charge is -2.15. The summed E-state index contributed by atoms with van der Waals surface area (Å²) in [6.45, 7) is 0.278. The molecular weight excluding hydrogens is 224 g/mol. The molecule has 1 aliphatic rings. The van der Waals surface area contributed by atoms with E-state index in [1.165, 1.54) is 0 Å². The van der Waals surface area contributed by atoms with Crippen molar-refractivity contribution in [1.29, 1.82) is 0 Å². The summed E-state index contributed by atoms with van der Waals surface area (Å²) in [5, 5.41) is 8.19. The number of hydrogen-bond donors (Lipinski definition) is 0. The van der Waals surface area contributed by atoms with Crippen molar-refractivity contribution in [2.45, 2.75) is 0 Å². The van der Waals surface area contributed by atoms with Crippen molar-refractivity contribution in [1.82, 2.24) is 0 Å². The first-order valence-corrected chi connectivity index (χ1v) is 5.80. The summed E-state index contributed by atoms with van der Waals surface area (Å²) in [5.41, 5.74) is 2.82. The van der Waals surface area contributed by atoms with Crippen LogP contribution in [0.4, 0.5) is 0 Å². The molecule has 0 fully saturated rings. The molecule has 0 saturated heterocycles. The molecule has 1 heterocycles. The quantitative estimate of drug-likeness (QED) is 0.777. The molecule has 0 atom stereocenters. The SMILES string of the molecule is c1ccc(C2=C(c3ccccc3)OCN=N2)cc1. The molecule has 0 unspecified atom stereocenters. The van der Waals surface area contributed by atoms with Crippen LogP contribution in [0.5, 0.6) is 0 Å². The van der Waals surface area contributed by atoms with Gasteiger partial charge in [-0.1, -0.05) is 60.7 Å². The molecule has 2 aromatic carbocycles. The summed E-state index contributed by atoms with van der Waals surface area (Å²) in [6.07, 6.45) is 0. The highest BCUT2D eigenvalue weighted by Gasteiger charge is 2.15. The fraction of sp³-hybridized carbons (Fsp3) is 0.0667. The molecule has 0 radical (unpaired) electrons. The third-order valence-electron chi connectivity index (χ3n) is 2.74. The summed E-state index contributed by atoms with van der Waals surface area (Å²) in [7, 11) is 0. The van der Waals surface area contributed by atoms with Crippen molar-refractivity contribution in [2.75, 3.05) is 6.73 Å². The fourth-order valence-corrected chi connectivity index (χ4v) is 1.90. The minimum Gasteiger partial charge on any atom is -0.467 e. The molecule has 1 aliphatic heterocycles. The molecule has 0 spiro atoms. The normalized spacial score (nSPS) is 14.4. The van der Waals surface area contributed by atoms with E-state index >= 15 is 0 Å². The molecule has 2 aromatic rings. The Hall–Kier alpha value is -2.42. The first-order valence-electron chi connectivity index (χ1n) is 5.80. The van der Waals surface area contributed by atoms with Crippen LogP contribution in [0.2, 0.25) is 0 Å². The van der Waals surface area contributed by atoms with E-state index in [0.717, 1.165) is 22.6 Å². The minimum absolute atomic E-state index is 0.278. The van der Waals surface area contributed by atoms with Gasteiger partial charge < -0.3 is 4.74 Å². The Bertz CT molecular complexity index is 588. The molecule has 18 heavy (non-hydrogen) atoms. The molecule has 0 saturated carbocycles. The van der Waals surface area contributed by atoms with Gasteiger partial charge in [0.1, 0.15) is 5.70 Å². The molecule has 0 N–H and O–H groups in total. The predicted molar refractivity (Wildman–Crippen MR) is 70.5 cm³/mol. The lowest BCUT2D eigenvalue weighted by molar-refractivity contribution is 0.276. The van der Waals surface area contributed by atoms with Crippen molar-refractivity contribution < 1.29 is 4.74 Å². The van der Waals surface area contributed by atoms with Crippen molar-refractivity contribution in [3.05, 3.63) is 71.8 Å². The Labute approximate surface area is 105 Å². The molecule has 0 aliphatic carbocycles. The molecule has 0 amide bonds. The van der Waals surface area contributed by atoms with E-state index in [2.05, 4.69) is 10.2 Å². The Morgan fingerprint density at radius 1 is 0.778 bits per heavy atom. The second-order valence-corrected chi connectivity index (χ2v) is 3.92. The first-order chi connectivity index (χ1) is 8.95. The zero-order chi connectivity index (χ0) is 12.2. The summed E-state index contributed by atoms with van der Waals surface area (Å²) >= 11 is 0. The lowest BCUT2D eigenvalue weighted by Crippen LogP contribution is -2.00. The molecule has 3 heteroatoms. The van der Waals surface area contributed by atoms with Gasteiger partial charge in [-0.25, -0.2) is 0 Å². The average molecular weight is 236 g/mol. The molecule has 3 nitrogen and oxygen atoms in total. The van der Waals surface area contributed by atoms with Gasteiger partial charge in [-0.3, -0.25) is 0 Å². The Balaban J connectivity index is 2.13. The standard InChI is InChI=1S/C15H12N2O/c1-3-7-12(8-4-1)14-15(18-11-16-17-14)13-9-5-2-6-10-13/h1-10H,11H2. The topological polar surface area (TPSA) is 34.0 Å². The second-order valence-electron chi connectivity index (χ2n) is 3.92. The van der Waals surface area contributed by atoms with Crippen molar-refractivity contribution in [3.8, 4) is 0 Å². The first kappa shape index (κ1) is 10.7. The predicted octanol–water partition coefficient (Wildman–Crippen LogP) is 3.95. The van der Waals surface area contributed by atoms with Gasteiger partial charge in [-0.05, 0) is 0 Å². The highest BCUT2D eigenvalue weighted by molar-refractivity contribution is 5.87. The minimum atomic E-state index is 0.278. The smallest absolute Gasteiger partial charge is 0.199 e. The third-order valence-corrected chi connectivity index (χ3v) is 2.74. The number of rotatable bonds is 2. The summed E-state index contributed by atoms with van der Waals surface area (Å²) in [5.74, 6) is 0.789. The number of azo groups is 1. The van der Waals surface area contributed by atoms with Crippen molar-refractivity contribution in [2.24, 2.45) is 10.2 Å². The van der Waals surface area contributed by atoms with Gasteiger partial charge in [0.25, 0.3) is 0 Å². The lowest BCUT2D eigenvalue weighted by atomic mass is 10.1. The van der Waals surface area contributed by atoms with Crippen LogP contribution in [0.15, 0.2) is 70.9 Å². The van der Waals surface area contributed by atoms with E-state index in [9.17, 15) is 0 Å². The van der Waals surface area contributed by atoms with Crippen LogP contribution >= 0.6 is 0 Å². The van der Waals surface area contributed by atoms with E-state index < -0.39 is 0 Å². The van der Waals surface area contributed by atoms with E-state index in [1.807, 2.05) is 60.7 Å². The maximum Gasteiger partial charge on any atom is 0.199 e. The molecule has 0 bridgehead atoms. The number of benzene rings is 2. The monoisotopic (exact) mass is 236 g/mol. The van der Waals surface area contributed by atoms with Gasteiger partial charge in [0.2, 0.25) is 0 Å². The van der Waals surface area contributed by atoms with Crippen LogP contribution in [-0.2, 0) is 4.74 Å². The zero-order valence-electron chi connectivity index (χ0n) is 9.78. The number of hydrogen-bond acceptors (Lipinski definition) is 3. The van der Waals surface area contributed by atoms with Crippen LogP contribution in [0, 0.1) is 0 Å². The molecular formula is C15H12N2O. The Morgan fingerprint density at radius 2 is 1.39 bits per heavy atom. The largest absolute Gasteiger partial charge is 0.467 e.